The first-order valence-electron chi connectivity index (χ1n) is 5.03. The van der Waals surface area contributed by atoms with Crippen LogP contribution < -0.4 is 5.32 Å². The molecule has 0 unspecified atom stereocenters. The lowest BCUT2D eigenvalue weighted by Crippen LogP contribution is -2.43. The molecule has 0 bridgehead atoms. The Morgan fingerprint density at radius 2 is 1.81 bits per heavy atom. The van der Waals surface area contributed by atoms with Crippen molar-refractivity contribution in [2.75, 3.05) is 6.54 Å². The molecule has 0 aromatic heterocycles. The molecule has 0 heterocycles. The molecular formula is C13H15F2N. The number of hydrogen-bond acceptors (Lipinski definition) is 1. The van der Waals surface area contributed by atoms with Crippen LogP contribution in [0.25, 0.3) is 0 Å². The number of benzene rings is 1. The average Bonchev–Trinajstić information content (AvgIpc) is 2.28. The number of terminal acetylenes is 1. The highest BCUT2D eigenvalue weighted by Gasteiger charge is 2.32. The van der Waals surface area contributed by atoms with Crippen LogP contribution in [0.1, 0.15) is 19.4 Å². The fraction of sp³-hybridized carbons (Fsp3) is 0.385. The van der Waals surface area contributed by atoms with Crippen molar-refractivity contribution >= 4 is 0 Å². The number of rotatable bonds is 4. The molecule has 0 amide bonds. The van der Waals surface area contributed by atoms with Crippen molar-refractivity contribution in [3.63, 3.8) is 0 Å². The molecule has 0 fully saturated rings. The highest BCUT2D eigenvalue weighted by Crippen LogP contribution is 2.27. The Bertz CT molecular complexity index is 377. The molecule has 0 saturated heterocycles. The fourth-order valence-electron chi connectivity index (χ4n) is 1.17. The summed E-state index contributed by atoms with van der Waals surface area (Å²) in [7, 11) is 0. The molecular weight excluding hydrogens is 208 g/mol. The Kier molecular flexibility index (Phi) is 3.66. The molecule has 0 saturated carbocycles. The minimum Gasteiger partial charge on any atom is -0.295 e. The molecule has 1 nitrogen and oxygen atoms in total. The Hall–Kier alpha value is -1.40. The fourth-order valence-corrected chi connectivity index (χ4v) is 1.17. The summed E-state index contributed by atoms with van der Waals surface area (Å²) in [5.74, 6) is -0.486. The van der Waals surface area contributed by atoms with Crippen LogP contribution in [0.3, 0.4) is 0 Å². The molecule has 0 aliphatic heterocycles. The predicted octanol–water partition coefficient (Wildman–Crippen LogP) is 2.78. The summed E-state index contributed by atoms with van der Waals surface area (Å²) in [6.07, 6.45) is 5.22. The van der Waals surface area contributed by atoms with Gasteiger partial charge < -0.3 is 0 Å². The Balaban J connectivity index is 2.71. The Labute approximate surface area is 94.9 Å². The number of alkyl halides is 2. The number of nitrogens with one attached hydrogen (secondary N) is 1. The molecule has 0 aliphatic rings. The van der Waals surface area contributed by atoms with Gasteiger partial charge >= 0.3 is 0 Å². The second-order valence-electron chi connectivity index (χ2n) is 4.19. The van der Waals surface area contributed by atoms with E-state index in [0.717, 1.165) is 0 Å². The maximum atomic E-state index is 13.7. The van der Waals surface area contributed by atoms with E-state index in [1.54, 1.807) is 32.0 Å². The normalized spacial score (nSPS) is 12.2. The van der Waals surface area contributed by atoms with Gasteiger partial charge in [-0.15, -0.1) is 6.42 Å². The summed E-state index contributed by atoms with van der Waals surface area (Å²) >= 11 is 0. The van der Waals surface area contributed by atoms with Crippen LogP contribution in [0.4, 0.5) is 8.78 Å². The van der Waals surface area contributed by atoms with E-state index in [9.17, 15) is 8.78 Å². The van der Waals surface area contributed by atoms with Gasteiger partial charge in [-0.2, -0.15) is 8.78 Å². The van der Waals surface area contributed by atoms with Gasteiger partial charge in [0.05, 0.1) is 12.1 Å². The van der Waals surface area contributed by atoms with E-state index in [2.05, 4.69) is 11.2 Å². The molecule has 3 heteroatoms. The standard InChI is InChI=1S/C13H15F2N/c1-4-12(2,3)16-10-13(14,15)11-8-6-5-7-9-11/h1,5-9,16H,10H2,2-3H3. The highest BCUT2D eigenvalue weighted by atomic mass is 19.3. The molecule has 1 rings (SSSR count). The molecule has 0 atom stereocenters. The Morgan fingerprint density at radius 3 is 2.31 bits per heavy atom. The van der Waals surface area contributed by atoms with Crippen LogP contribution in [0, 0.1) is 12.3 Å². The smallest absolute Gasteiger partial charge is 0.285 e. The first-order chi connectivity index (χ1) is 7.37. The van der Waals surface area contributed by atoms with Gasteiger partial charge in [-0.05, 0) is 13.8 Å². The highest BCUT2D eigenvalue weighted by molar-refractivity contribution is 5.21. The summed E-state index contributed by atoms with van der Waals surface area (Å²) in [6, 6.07) is 7.71. The van der Waals surface area contributed by atoms with Crippen molar-refractivity contribution in [2.24, 2.45) is 0 Å². The Morgan fingerprint density at radius 1 is 1.25 bits per heavy atom. The maximum absolute atomic E-state index is 13.7. The van der Waals surface area contributed by atoms with Crippen LogP contribution in [0.5, 0.6) is 0 Å². The molecule has 1 N–H and O–H groups in total. The SMILES string of the molecule is C#CC(C)(C)NCC(F)(F)c1ccccc1. The van der Waals surface area contributed by atoms with Crippen molar-refractivity contribution in [2.45, 2.75) is 25.3 Å². The van der Waals surface area contributed by atoms with Gasteiger partial charge in [-0.1, -0.05) is 36.3 Å². The van der Waals surface area contributed by atoms with Crippen molar-refractivity contribution < 1.29 is 8.78 Å². The lowest BCUT2D eigenvalue weighted by Gasteiger charge is -2.24. The lowest BCUT2D eigenvalue weighted by atomic mass is 10.0. The van der Waals surface area contributed by atoms with Gasteiger partial charge in [0.15, 0.2) is 0 Å². The van der Waals surface area contributed by atoms with Crippen LogP contribution in [0.15, 0.2) is 30.3 Å². The second-order valence-corrected chi connectivity index (χ2v) is 4.19. The van der Waals surface area contributed by atoms with E-state index in [-0.39, 0.29) is 5.56 Å². The van der Waals surface area contributed by atoms with Crippen molar-refractivity contribution in [3.8, 4) is 12.3 Å². The molecule has 86 valence electrons. The van der Waals surface area contributed by atoms with E-state index in [4.69, 9.17) is 6.42 Å². The van der Waals surface area contributed by atoms with Crippen LogP contribution in [-0.2, 0) is 5.92 Å². The minimum atomic E-state index is -2.91. The number of hydrogen-bond donors (Lipinski definition) is 1. The van der Waals surface area contributed by atoms with Gasteiger partial charge in [0.25, 0.3) is 5.92 Å². The summed E-state index contributed by atoms with van der Waals surface area (Å²) in [4.78, 5) is 0. The van der Waals surface area contributed by atoms with Crippen LogP contribution >= 0.6 is 0 Å². The van der Waals surface area contributed by atoms with Gasteiger partial charge in [-0.3, -0.25) is 5.32 Å². The molecule has 0 aliphatic carbocycles. The largest absolute Gasteiger partial charge is 0.295 e. The first-order valence-corrected chi connectivity index (χ1v) is 5.03. The third-order valence-corrected chi connectivity index (χ3v) is 2.31. The van der Waals surface area contributed by atoms with Gasteiger partial charge in [0, 0.05) is 5.56 Å². The van der Waals surface area contributed by atoms with Gasteiger partial charge in [0.2, 0.25) is 0 Å². The number of halogens is 2. The summed E-state index contributed by atoms with van der Waals surface area (Å²) in [5.41, 5.74) is -0.728. The predicted molar refractivity (Wildman–Crippen MR) is 61.3 cm³/mol. The van der Waals surface area contributed by atoms with E-state index >= 15 is 0 Å². The van der Waals surface area contributed by atoms with E-state index in [1.807, 2.05) is 0 Å². The van der Waals surface area contributed by atoms with E-state index in [1.165, 1.54) is 12.1 Å². The van der Waals surface area contributed by atoms with Gasteiger partial charge in [0.1, 0.15) is 0 Å². The molecule has 1 aromatic carbocycles. The third-order valence-electron chi connectivity index (χ3n) is 2.31. The topological polar surface area (TPSA) is 12.0 Å². The summed E-state index contributed by atoms with van der Waals surface area (Å²) < 4.78 is 27.4. The molecule has 0 spiro atoms. The average molecular weight is 223 g/mol. The molecule has 0 radical (unpaired) electrons. The van der Waals surface area contributed by atoms with Crippen LogP contribution in [-0.4, -0.2) is 12.1 Å². The summed E-state index contributed by atoms with van der Waals surface area (Å²) in [6.45, 7) is 2.91. The minimum absolute atomic E-state index is 0.00433. The second kappa shape index (κ2) is 4.63. The molecule has 1 aromatic rings. The van der Waals surface area contributed by atoms with Crippen molar-refractivity contribution in [3.05, 3.63) is 35.9 Å². The maximum Gasteiger partial charge on any atom is 0.285 e. The zero-order valence-electron chi connectivity index (χ0n) is 9.43. The van der Waals surface area contributed by atoms with E-state index < -0.39 is 18.0 Å². The van der Waals surface area contributed by atoms with Crippen LogP contribution in [0.2, 0.25) is 0 Å². The van der Waals surface area contributed by atoms with E-state index in [0.29, 0.717) is 0 Å². The molecule has 16 heavy (non-hydrogen) atoms. The summed E-state index contributed by atoms with van der Waals surface area (Å²) in [5, 5.41) is 2.66. The van der Waals surface area contributed by atoms with Gasteiger partial charge in [-0.25, -0.2) is 0 Å². The van der Waals surface area contributed by atoms with Crippen molar-refractivity contribution in [1.82, 2.24) is 5.32 Å². The zero-order valence-corrected chi connectivity index (χ0v) is 9.43. The monoisotopic (exact) mass is 223 g/mol. The first kappa shape index (κ1) is 12.7. The van der Waals surface area contributed by atoms with Crippen molar-refractivity contribution in [1.29, 1.82) is 0 Å². The zero-order chi connectivity index (χ0) is 12.2. The lowest BCUT2D eigenvalue weighted by molar-refractivity contribution is -0.00703. The quantitative estimate of drug-likeness (QED) is 0.774. The third kappa shape index (κ3) is 3.32.